The van der Waals surface area contributed by atoms with Crippen LogP contribution >= 0.6 is 11.6 Å². The van der Waals surface area contributed by atoms with Crippen LogP contribution in [0.15, 0.2) is 18.2 Å². The van der Waals surface area contributed by atoms with Gasteiger partial charge in [-0.05, 0) is 43.5 Å². The average Bonchev–Trinajstić information content (AvgIpc) is 3.17. The summed E-state index contributed by atoms with van der Waals surface area (Å²) in [5.41, 5.74) is 6.92. The minimum Gasteiger partial charge on any atom is -0.397 e. The molecule has 1 saturated carbocycles. The molecule has 0 heterocycles. The van der Waals surface area contributed by atoms with Crippen molar-refractivity contribution in [2.75, 3.05) is 30.7 Å². The number of anilines is 2. The predicted molar refractivity (Wildman–Crippen MR) is 79.3 cm³/mol. The Morgan fingerprint density at radius 3 is 2.89 bits per heavy atom. The molecule has 0 saturated heterocycles. The topological polar surface area (TPSA) is 58.4 Å². The SMILES string of the molecule is CCN(CC(=O)Nc1cc(Cl)ccc1N)CC1CC1. The second-order valence-electron chi connectivity index (χ2n) is 5.05. The summed E-state index contributed by atoms with van der Waals surface area (Å²) in [6.07, 6.45) is 2.58. The first-order valence-electron chi connectivity index (χ1n) is 6.65. The van der Waals surface area contributed by atoms with Crippen molar-refractivity contribution in [3.05, 3.63) is 23.2 Å². The molecule has 0 bridgehead atoms. The summed E-state index contributed by atoms with van der Waals surface area (Å²) >= 11 is 5.89. The molecule has 0 spiro atoms. The van der Waals surface area contributed by atoms with E-state index in [0.29, 0.717) is 22.9 Å². The van der Waals surface area contributed by atoms with E-state index in [0.717, 1.165) is 19.0 Å². The first-order valence-corrected chi connectivity index (χ1v) is 7.03. The lowest BCUT2D eigenvalue weighted by molar-refractivity contribution is -0.117. The highest BCUT2D eigenvalue weighted by atomic mass is 35.5. The van der Waals surface area contributed by atoms with Crippen LogP contribution < -0.4 is 11.1 Å². The Hall–Kier alpha value is -1.26. The van der Waals surface area contributed by atoms with Crippen LogP contribution in [0, 0.1) is 5.92 Å². The molecule has 3 N–H and O–H groups in total. The van der Waals surface area contributed by atoms with E-state index in [2.05, 4.69) is 17.1 Å². The Bertz CT molecular complexity index is 460. The van der Waals surface area contributed by atoms with E-state index in [1.807, 2.05) is 0 Å². The van der Waals surface area contributed by atoms with Gasteiger partial charge in [0.1, 0.15) is 0 Å². The van der Waals surface area contributed by atoms with Crippen molar-refractivity contribution in [3.8, 4) is 0 Å². The fourth-order valence-electron chi connectivity index (χ4n) is 2.00. The van der Waals surface area contributed by atoms with Gasteiger partial charge in [0.15, 0.2) is 0 Å². The van der Waals surface area contributed by atoms with E-state index in [-0.39, 0.29) is 5.91 Å². The van der Waals surface area contributed by atoms with Gasteiger partial charge in [-0.3, -0.25) is 9.69 Å². The number of nitrogens with two attached hydrogens (primary N) is 1. The first-order chi connectivity index (χ1) is 9.08. The second kappa shape index (κ2) is 6.26. The van der Waals surface area contributed by atoms with Crippen LogP contribution in [0.25, 0.3) is 0 Å². The number of nitrogen functional groups attached to an aromatic ring is 1. The van der Waals surface area contributed by atoms with Crippen LogP contribution in [0.4, 0.5) is 11.4 Å². The molecule has 0 unspecified atom stereocenters. The molecule has 1 aliphatic rings. The quantitative estimate of drug-likeness (QED) is 0.788. The maximum atomic E-state index is 12.0. The number of carbonyl (C=O) groups is 1. The normalized spacial score (nSPS) is 14.7. The van der Waals surface area contributed by atoms with E-state index in [1.165, 1.54) is 12.8 Å². The lowest BCUT2D eigenvalue weighted by Crippen LogP contribution is -2.34. The number of hydrogen-bond acceptors (Lipinski definition) is 3. The summed E-state index contributed by atoms with van der Waals surface area (Å²) in [6, 6.07) is 5.07. The zero-order valence-corrected chi connectivity index (χ0v) is 11.9. The van der Waals surface area contributed by atoms with Gasteiger partial charge < -0.3 is 11.1 Å². The Morgan fingerprint density at radius 2 is 2.26 bits per heavy atom. The van der Waals surface area contributed by atoms with Gasteiger partial charge >= 0.3 is 0 Å². The molecule has 104 valence electrons. The zero-order chi connectivity index (χ0) is 13.8. The molecule has 0 aliphatic heterocycles. The summed E-state index contributed by atoms with van der Waals surface area (Å²) in [7, 11) is 0. The zero-order valence-electron chi connectivity index (χ0n) is 11.2. The standard InChI is InChI=1S/C14H20ClN3O/c1-2-18(8-10-3-4-10)9-14(19)17-13-7-11(15)5-6-12(13)16/h5-7,10H,2-4,8-9,16H2,1H3,(H,17,19). The molecule has 1 aromatic rings. The molecule has 1 aliphatic carbocycles. The summed E-state index contributed by atoms with van der Waals surface area (Å²) in [4.78, 5) is 14.2. The minimum absolute atomic E-state index is 0.0449. The monoisotopic (exact) mass is 281 g/mol. The van der Waals surface area contributed by atoms with Crippen LogP contribution in [0.5, 0.6) is 0 Å². The predicted octanol–water partition coefficient (Wildman–Crippen LogP) is 2.59. The number of rotatable bonds is 6. The maximum absolute atomic E-state index is 12.0. The summed E-state index contributed by atoms with van der Waals surface area (Å²) < 4.78 is 0. The van der Waals surface area contributed by atoms with Crippen molar-refractivity contribution in [3.63, 3.8) is 0 Å². The number of halogens is 1. The van der Waals surface area contributed by atoms with Crippen LogP contribution in [0.1, 0.15) is 19.8 Å². The number of amides is 1. The van der Waals surface area contributed by atoms with Gasteiger partial charge in [-0.25, -0.2) is 0 Å². The van der Waals surface area contributed by atoms with Gasteiger partial charge in [-0.15, -0.1) is 0 Å². The lowest BCUT2D eigenvalue weighted by atomic mass is 10.2. The number of carbonyl (C=O) groups excluding carboxylic acids is 1. The molecule has 19 heavy (non-hydrogen) atoms. The highest BCUT2D eigenvalue weighted by Gasteiger charge is 2.24. The Labute approximate surface area is 118 Å². The van der Waals surface area contributed by atoms with Gasteiger partial charge in [-0.2, -0.15) is 0 Å². The number of hydrogen-bond donors (Lipinski definition) is 2. The average molecular weight is 282 g/mol. The van der Waals surface area contributed by atoms with Crippen molar-refractivity contribution < 1.29 is 4.79 Å². The van der Waals surface area contributed by atoms with E-state index in [9.17, 15) is 4.79 Å². The molecule has 1 amide bonds. The Balaban J connectivity index is 1.90. The minimum atomic E-state index is -0.0449. The third-order valence-corrected chi connectivity index (χ3v) is 3.55. The van der Waals surface area contributed by atoms with Crippen LogP contribution in [0.2, 0.25) is 5.02 Å². The third-order valence-electron chi connectivity index (χ3n) is 3.32. The molecule has 1 fully saturated rings. The molecular formula is C14H20ClN3O. The Kier molecular flexibility index (Phi) is 4.66. The van der Waals surface area contributed by atoms with Crippen molar-refractivity contribution >= 4 is 28.9 Å². The number of nitrogens with one attached hydrogen (secondary N) is 1. The maximum Gasteiger partial charge on any atom is 0.238 e. The fourth-order valence-corrected chi connectivity index (χ4v) is 2.17. The highest BCUT2D eigenvalue weighted by molar-refractivity contribution is 6.31. The molecule has 1 aromatic carbocycles. The largest absolute Gasteiger partial charge is 0.397 e. The fraction of sp³-hybridized carbons (Fsp3) is 0.500. The van der Waals surface area contributed by atoms with Gasteiger partial charge in [0.25, 0.3) is 0 Å². The highest BCUT2D eigenvalue weighted by Crippen LogP contribution is 2.29. The van der Waals surface area contributed by atoms with Crippen molar-refractivity contribution in [1.82, 2.24) is 4.90 Å². The second-order valence-corrected chi connectivity index (χ2v) is 5.49. The van der Waals surface area contributed by atoms with E-state index >= 15 is 0 Å². The summed E-state index contributed by atoms with van der Waals surface area (Å²) in [5.74, 6) is 0.737. The van der Waals surface area contributed by atoms with Crippen LogP contribution in [-0.2, 0) is 4.79 Å². The van der Waals surface area contributed by atoms with Crippen LogP contribution in [0.3, 0.4) is 0 Å². The molecule has 5 heteroatoms. The number of benzene rings is 1. The lowest BCUT2D eigenvalue weighted by Gasteiger charge is -2.19. The molecule has 0 radical (unpaired) electrons. The van der Waals surface area contributed by atoms with Crippen LogP contribution in [-0.4, -0.2) is 30.4 Å². The molecule has 4 nitrogen and oxygen atoms in total. The number of nitrogens with zero attached hydrogens (tertiary/aromatic N) is 1. The smallest absolute Gasteiger partial charge is 0.238 e. The Morgan fingerprint density at radius 1 is 1.53 bits per heavy atom. The van der Waals surface area contributed by atoms with E-state index in [1.54, 1.807) is 18.2 Å². The third kappa shape index (κ3) is 4.40. The van der Waals surface area contributed by atoms with Crippen molar-refractivity contribution in [2.24, 2.45) is 5.92 Å². The van der Waals surface area contributed by atoms with Gasteiger partial charge in [-0.1, -0.05) is 18.5 Å². The summed E-state index contributed by atoms with van der Waals surface area (Å²) in [5, 5.41) is 3.38. The van der Waals surface area contributed by atoms with Crippen molar-refractivity contribution in [2.45, 2.75) is 19.8 Å². The van der Waals surface area contributed by atoms with E-state index < -0.39 is 0 Å². The molecular weight excluding hydrogens is 262 g/mol. The molecule has 0 atom stereocenters. The van der Waals surface area contributed by atoms with Gasteiger partial charge in [0.05, 0.1) is 17.9 Å². The van der Waals surface area contributed by atoms with Crippen molar-refractivity contribution in [1.29, 1.82) is 0 Å². The number of likely N-dealkylation sites (N-methyl/N-ethyl adjacent to an activating group) is 1. The van der Waals surface area contributed by atoms with Gasteiger partial charge in [0, 0.05) is 11.6 Å². The summed E-state index contributed by atoms with van der Waals surface area (Å²) in [6.45, 7) is 4.37. The molecule has 0 aromatic heterocycles. The first kappa shape index (κ1) is 14.2. The van der Waals surface area contributed by atoms with Gasteiger partial charge in [0.2, 0.25) is 5.91 Å². The molecule has 2 rings (SSSR count). The van der Waals surface area contributed by atoms with E-state index in [4.69, 9.17) is 17.3 Å².